The molecule has 2 aromatic carbocycles. The third-order valence-electron chi connectivity index (χ3n) is 7.70. The Balaban J connectivity index is 1.20. The number of hydrogen-bond donors (Lipinski definition) is 2. The largest absolute Gasteiger partial charge is 0.512 e. The molecule has 37 heavy (non-hydrogen) atoms. The van der Waals surface area contributed by atoms with Crippen LogP contribution < -0.4 is 10.2 Å². The van der Waals surface area contributed by atoms with Gasteiger partial charge in [-0.3, -0.25) is 5.32 Å². The predicted octanol–water partition coefficient (Wildman–Crippen LogP) is 7.39. The van der Waals surface area contributed by atoms with Crippen LogP contribution in [0.5, 0.6) is 0 Å². The topological polar surface area (TPSA) is 74.7 Å². The number of rotatable bonds is 7. The summed E-state index contributed by atoms with van der Waals surface area (Å²) in [6.07, 6.45) is 2.46. The van der Waals surface area contributed by atoms with Crippen LogP contribution in [0, 0.1) is 12.7 Å². The van der Waals surface area contributed by atoms with Crippen molar-refractivity contribution in [3.63, 3.8) is 0 Å². The van der Waals surface area contributed by atoms with E-state index in [1.807, 2.05) is 6.92 Å². The number of anilines is 2. The Labute approximate surface area is 220 Å². The van der Waals surface area contributed by atoms with E-state index in [4.69, 9.17) is 4.74 Å². The zero-order chi connectivity index (χ0) is 26.2. The molecule has 194 valence electrons. The van der Waals surface area contributed by atoms with E-state index in [0.717, 1.165) is 54.9 Å². The van der Waals surface area contributed by atoms with Crippen molar-refractivity contribution in [3.05, 3.63) is 88.4 Å². The summed E-state index contributed by atoms with van der Waals surface area (Å²) in [4.78, 5) is 16.1. The molecule has 5 rings (SSSR count). The van der Waals surface area contributed by atoms with Crippen LogP contribution >= 0.6 is 11.5 Å². The zero-order valence-electron chi connectivity index (χ0n) is 21.2. The number of aliphatic hydroxyl groups is 1. The maximum atomic E-state index is 14.1. The van der Waals surface area contributed by atoms with Crippen molar-refractivity contribution in [2.45, 2.75) is 57.0 Å². The second-order valence-corrected chi connectivity index (χ2v) is 10.8. The average molecular weight is 522 g/mol. The highest BCUT2D eigenvalue weighted by Gasteiger charge is 2.47. The van der Waals surface area contributed by atoms with Gasteiger partial charge in [0.25, 0.3) is 0 Å². The zero-order valence-corrected chi connectivity index (χ0v) is 22.0. The van der Waals surface area contributed by atoms with Gasteiger partial charge in [0.05, 0.1) is 27.4 Å². The van der Waals surface area contributed by atoms with E-state index in [2.05, 4.69) is 45.4 Å². The number of carbonyl (C=O) groups is 1. The van der Waals surface area contributed by atoms with E-state index in [9.17, 15) is 14.3 Å². The molecule has 3 aromatic rings. The first-order valence-corrected chi connectivity index (χ1v) is 13.5. The van der Waals surface area contributed by atoms with Crippen LogP contribution in [0.3, 0.4) is 0 Å². The lowest BCUT2D eigenvalue weighted by Gasteiger charge is -2.33. The van der Waals surface area contributed by atoms with Gasteiger partial charge in [-0.05, 0) is 74.8 Å². The molecule has 2 N–H and O–H groups in total. The van der Waals surface area contributed by atoms with Crippen LogP contribution in [-0.4, -0.2) is 28.7 Å². The molecule has 1 aliphatic heterocycles. The van der Waals surface area contributed by atoms with Gasteiger partial charge < -0.3 is 14.7 Å². The smallest absolute Gasteiger partial charge is 0.412 e. The number of nitrogens with one attached hydrogen (secondary N) is 1. The Morgan fingerprint density at radius 2 is 1.89 bits per heavy atom. The van der Waals surface area contributed by atoms with E-state index in [-0.39, 0.29) is 17.1 Å². The van der Waals surface area contributed by atoms with Crippen LogP contribution in [0.4, 0.5) is 20.6 Å². The molecule has 1 aliphatic carbocycles. The quantitative estimate of drug-likeness (QED) is 0.317. The van der Waals surface area contributed by atoms with Gasteiger partial charge in [0.15, 0.2) is 0 Å². The van der Waals surface area contributed by atoms with Crippen molar-refractivity contribution in [2.24, 2.45) is 0 Å². The lowest BCUT2D eigenvalue weighted by molar-refractivity contribution is 0.119. The number of ether oxygens (including phenoxy) is 1. The number of aliphatic hydroxyl groups excluding tert-OH is 1. The van der Waals surface area contributed by atoms with Crippen molar-refractivity contribution in [3.8, 4) is 0 Å². The number of aromatic nitrogens is 1. The molecule has 1 saturated heterocycles. The van der Waals surface area contributed by atoms with Crippen LogP contribution in [0.2, 0.25) is 0 Å². The fourth-order valence-electron chi connectivity index (χ4n) is 5.24. The Morgan fingerprint density at radius 3 is 2.51 bits per heavy atom. The van der Waals surface area contributed by atoms with Gasteiger partial charge in [-0.15, -0.1) is 0 Å². The third kappa shape index (κ3) is 5.07. The summed E-state index contributed by atoms with van der Waals surface area (Å²) < 4.78 is 24.0. The van der Waals surface area contributed by atoms with Crippen LogP contribution in [-0.2, 0) is 10.2 Å². The molecule has 0 unspecified atom stereocenters. The predicted molar refractivity (Wildman–Crippen MR) is 145 cm³/mol. The van der Waals surface area contributed by atoms with Gasteiger partial charge in [-0.25, -0.2) is 9.18 Å². The number of allylic oxidation sites excluding steroid dienone is 1. The maximum Gasteiger partial charge on any atom is 0.412 e. The van der Waals surface area contributed by atoms with Crippen molar-refractivity contribution in [2.75, 3.05) is 23.3 Å². The van der Waals surface area contributed by atoms with Crippen LogP contribution in [0.1, 0.15) is 66.3 Å². The highest BCUT2D eigenvalue weighted by molar-refractivity contribution is 7.06. The number of piperidine rings is 1. The second-order valence-electron chi connectivity index (χ2n) is 10.0. The lowest BCUT2D eigenvalue weighted by atomic mass is 9.92. The number of amides is 1. The first kappa shape index (κ1) is 25.3. The molecule has 1 aromatic heterocycles. The number of benzene rings is 2. The summed E-state index contributed by atoms with van der Waals surface area (Å²) in [5.41, 5.74) is 3.86. The van der Waals surface area contributed by atoms with Crippen molar-refractivity contribution in [1.82, 2.24) is 4.37 Å². The third-order valence-corrected chi connectivity index (χ3v) is 8.80. The molecular weight excluding hydrogens is 489 g/mol. The molecule has 1 amide bonds. The van der Waals surface area contributed by atoms with Crippen LogP contribution in [0.25, 0.3) is 0 Å². The first-order chi connectivity index (χ1) is 17.8. The molecule has 0 radical (unpaired) electrons. The number of aryl methyl sites for hydroxylation is 1. The van der Waals surface area contributed by atoms with E-state index in [1.54, 1.807) is 25.1 Å². The Kier molecular flexibility index (Phi) is 6.94. The standard InChI is InChI=1S/C29H32FN3O3S/c1-18-26(31-28(35)36-19(2)24-6-4-5-7-25(24)30)27(37-32-18)21-12-16-33(17-13-21)23-10-8-22(9-11-23)29(14-15-29)20(3)34/h4-11,19,21,34H,3,12-17H2,1-2H3,(H,31,35)/t19-/m1/s1. The summed E-state index contributed by atoms with van der Waals surface area (Å²) >= 11 is 1.42. The minimum absolute atomic E-state index is 0.243. The maximum absolute atomic E-state index is 14.1. The molecule has 2 aliphatic rings. The van der Waals surface area contributed by atoms with E-state index in [0.29, 0.717) is 11.3 Å². The Hall–Kier alpha value is -3.39. The van der Waals surface area contributed by atoms with E-state index < -0.39 is 18.0 Å². The number of carbonyl (C=O) groups excluding carboxylic acids is 1. The monoisotopic (exact) mass is 521 g/mol. The summed E-state index contributed by atoms with van der Waals surface area (Å²) in [7, 11) is 0. The normalized spacial score (nSPS) is 17.8. The molecule has 2 heterocycles. The van der Waals surface area contributed by atoms with E-state index in [1.165, 1.54) is 23.3 Å². The summed E-state index contributed by atoms with van der Waals surface area (Å²) in [6, 6.07) is 14.8. The average Bonchev–Trinajstić information content (AvgIpc) is 3.64. The summed E-state index contributed by atoms with van der Waals surface area (Å²) in [6.45, 7) is 9.09. The highest BCUT2D eigenvalue weighted by atomic mass is 32.1. The number of hydrogen-bond acceptors (Lipinski definition) is 6. The first-order valence-electron chi connectivity index (χ1n) is 12.7. The van der Waals surface area contributed by atoms with Gasteiger partial charge in [-0.2, -0.15) is 4.37 Å². The molecular formula is C29H32FN3O3S. The van der Waals surface area contributed by atoms with Crippen LogP contribution in [0.15, 0.2) is 60.9 Å². The number of nitrogens with zero attached hydrogens (tertiary/aromatic N) is 2. The molecule has 1 saturated carbocycles. The van der Waals surface area contributed by atoms with Crippen molar-refractivity contribution >= 4 is 29.0 Å². The molecule has 0 spiro atoms. The molecule has 8 heteroatoms. The Morgan fingerprint density at radius 1 is 1.22 bits per heavy atom. The second kappa shape index (κ2) is 10.2. The Bertz CT molecular complexity index is 1290. The van der Waals surface area contributed by atoms with E-state index >= 15 is 0 Å². The van der Waals surface area contributed by atoms with Gasteiger partial charge in [0, 0.05) is 30.3 Å². The fraction of sp³-hybridized carbons (Fsp3) is 0.379. The number of halogens is 1. The molecule has 1 atom stereocenters. The minimum atomic E-state index is -0.712. The van der Waals surface area contributed by atoms with Gasteiger partial charge >= 0.3 is 6.09 Å². The summed E-state index contributed by atoms with van der Waals surface area (Å²) in [5.74, 6) is 0.147. The van der Waals surface area contributed by atoms with Crippen molar-refractivity contribution in [1.29, 1.82) is 0 Å². The van der Waals surface area contributed by atoms with Gasteiger partial charge in [0.1, 0.15) is 11.9 Å². The molecule has 0 bridgehead atoms. The summed E-state index contributed by atoms with van der Waals surface area (Å²) in [5, 5.41) is 12.9. The minimum Gasteiger partial charge on any atom is -0.512 e. The SMILES string of the molecule is C=C(O)C1(c2ccc(N3CCC(c4snc(C)c4NC(=O)O[C@H](C)c4ccccc4F)CC3)cc2)CC1. The molecule has 2 fully saturated rings. The molecule has 6 nitrogen and oxygen atoms in total. The van der Waals surface area contributed by atoms with Gasteiger partial charge in [0.2, 0.25) is 0 Å². The highest BCUT2D eigenvalue weighted by Crippen LogP contribution is 2.52. The lowest BCUT2D eigenvalue weighted by Crippen LogP contribution is -2.33. The van der Waals surface area contributed by atoms with Gasteiger partial charge in [-0.1, -0.05) is 36.9 Å². The fourth-order valence-corrected chi connectivity index (χ4v) is 6.24. The van der Waals surface area contributed by atoms with Crippen molar-refractivity contribution < 1.29 is 19.0 Å².